The second-order valence-corrected chi connectivity index (χ2v) is 5.95. The van der Waals surface area contributed by atoms with Gasteiger partial charge in [0, 0.05) is 5.38 Å². The van der Waals surface area contributed by atoms with E-state index in [0.29, 0.717) is 15.6 Å². The lowest BCUT2D eigenvalue weighted by Crippen LogP contribution is -2.23. The minimum atomic E-state index is -1.08. The Morgan fingerprint density at radius 1 is 1.45 bits per heavy atom. The molecule has 0 saturated heterocycles. The van der Waals surface area contributed by atoms with Crippen LogP contribution in [0.4, 0.5) is 0 Å². The first kappa shape index (κ1) is 14.5. The third-order valence-corrected chi connectivity index (χ3v) is 4.03. The van der Waals surface area contributed by atoms with Crippen LogP contribution in [0.3, 0.4) is 0 Å². The Hall–Kier alpha value is -1.87. The molecule has 0 aromatic carbocycles. The zero-order chi connectivity index (χ0) is 14.7. The number of thiazole rings is 1. The van der Waals surface area contributed by atoms with Crippen molar-refractivity contribution in [3.8, 4) is 0 Å². The van der Waals surface area contributed by atoms with Crippen molar-refractivity contribution in [3.63, 3.8) is 0 Å². The van der Waals surface area contributed by atoms with Crippen LogP contribution in [-0.4, -0.2) is 31.6 Å². The van der Waals surface area contributed by atoms with Gasteiger partial charge in [0.1, 0.15) is 9.88 Å². The van der Waals surface area contributed by atoms with Gasteiger partial charge in [0.2, 0.25) is 0 Å². The summed E-state index contributed by atoms with van der Waals surface area (Å²) < 4.78 is 3.79. The van der Waals surface area contributed by atoms with Gasteiger partial charge in [0.25, 0.3) is 5.91 Å². The topological polar surface area (TPSA) is 105 Å². The standard InChI is InChI=1S/C11H12N4O3S2/c1-5(2)8-9(20-15-14-8)10(16)12-3-7-13-6(4-19-7)11(17)18/h4-5H,3H2,1-2H3,(H,12,16)(H,17,18). The van der Waals surface area contributed by atoms with Crippen molar-refractivity contribution < 1.29 is 14.7 Å². The fraction of sp³-hybridized carbons (Fsp3) is 0.364. The Bertz CT molecular complexity index is 635. The first-order valence-electron chi connectivity index (χ1n) is 5.77. The summed E-state index contributed by atoms with van der Waals surface area (Å²) in [4.78, 5) is 27.1. The Labute approximate surface area is 122 Å². The molecule has 0 radical (unpaired) electrons. The third kappa shape index (κ3) is 3.17. The van der Waals surface area contributed by atoms with Crippen molar-refractivity contribution in [1.29, 1.82) is 0 Å². The highest BCUT2D eigenvalue weighted by atomic mass is 32.1. The molecule has 0 fully saturated rings. The molecule has 2 heterocycles. The van der Waals surface area contributed by atoms with Crippen LogP contribution in [0.1, 0.15) is 50.6 Å². The SMILES string of the molecule is CC(C)c1nnsc1C(=O)NCc1nc(C(=O)O)cs1. The number of carboxylic acids is 1. The summed E-state index contributed by atoms with van der Waals surface area (Å²) in [5.74, 6) is -1.23. The predicted molar refractivity (Wildman–Crippen MR) is 74.2 cm³/mol. The molecule has 2 rings (SSSR count). The lowest BCUT2D eigenvalue weighted by atomic mass is 10.1. The van der Waals surface area contributed by atoms with E-state index in [0.717, 1.165) is 11.5 Å². The van der Waals surface area contributed by atoms with E-state index in [2.05, 4.69) is 19.9 Å². The van der Waals surface area contributed by atoms with Gasteiger partial charge < -0.3 is 10.4 Å². The minimum Gasteiger partial charge on any atom is -0.476 e. The molecule has 1 amide bonds. The van der Waals surface area contributed by atoms with E-state index in [1.807, 2.05) is 13.8 Å². The Morgan fingerprint density at radius 3 is 2.80 bits per heavy atom. The predicted octanol–water partition coefficient (Wildman–Crippen LogP) is 1.75. The Balaban J connectivity index is 2.01. The first-order chi connectivity index (χ1) is 9.49. The number of carboxylic acid groups (broad SMARTS) is 1. The molecule has 106 valence electrons. The van der Waals surface area contributed by atoms with Gasteiger partial charge in [-0.15, -0.1) is 16.4 Å². The van der Waals surface area contributed by atoms with Crippen LogP contribution in [0.2, 0.25) is 0 Å². The fourth-order valence-electron chi connectivity index (χ4n) is 1.46. The van der Waals surface area contributed by atoms with Crippen LogP contribution in [0.5, 0.6) is 0 Å². The first-order valence-corrected chi connectivity index (χ1v) is 7.42. The highest BCUT2D eigenvalue weighted by Gasteiger charge is 2.19. The normalized spacial score (nSPS) is 10.8. The van der Waals surface area contributed by atoms with Gasteiger partial charge in [0.15, 0.2) is 5.69 Å². The lowest BCUT2D eigenvalue weighted by molar-refractivity contribution is 0.0691. The van der Waals surface area contributed by atoms with Gasteiger partial charge in [-0.3, -0.25) is 4.79 Å². The van der Waals surface area contributed by atoms with Gasteiger partial charge in [-0.05, 0) is 17.5 Å². The van der Waals surface area contributed by atoms with E-state index in [1.165, 1.54) is 16.7 Å². The van der Waals surface area contributed by atoms with Crippen LogP contribution < -0.4 is 5.32 Å². The summed E-state index contributed by atoms with van der Waals surface area (Å²) in [6.07, 6.45) is 0. The number of aromatic carboxylic acids is 1. The molecule has 0 bridgehead atoms. The number of nitrogens with one attached hydrogen (secondary N) is 1. The molecule has 2 N–H and O–H groups in total. The number of aromatic nitrogens is 3. The zero-order valence-corrected chi connectivity index (χ0v) is 12.4. The maximum absolute atomic E-state index is 12.0. The van der Waals surface area contributed by atoms with Gasteiger partial charge in [0.05, 0.1) is 12.2 Å². The number of carbonyl (C=O) groups excluding carboxylic acids is 1. The average molecular weight is 312 g/mol. The molecular formula is C11H12N4O3S2. The number of amides is 1. The van der Waals surface area contributed by atoms with Gasteiger partial charge in [-0.25, -0.2) is 9.78 Å². The monoisotopic (exact) mass is 312 g/mol. The molecule has 0 atom stereocenters. The molecule has 0 unspecified atom stereocenters. The van der Waals surface area contributed by atoms with Gasteiger partial charge in [-0.1, -0.05) is 18.3 Å². The average Bonchev–Trinajstić information content (AvgIpc) is 3.04. The van der Waals surface area contributed by atoms with Crippen molar-refractivity contribution in [2.75, 3.05) is 0 Å². The summed E-state index contributed by atoms with van der Waals surface area (Å²) >= 11 is 2.24. The van der Waals surface area contributed by atoms with Crippen molar-refractivity contribution >= 4 is 34.7 Å². The molecule has 2 aromatic heterocycles. The third-order valence-electron chi connectivity index (χ3n) is 2.44. The summed E-state index contributed by atoms with van der Waals surface area (Å²) in [5, 5.41) is 17.4. The smallest absolute Gasteiger partial charge is 0.355 e. The van der Waals surface area contributed by atoms with Crippen LogP contribution in [0.15, 0.2) is 5.38 Å². The lowest BCUT2D eigenvalue weighted by Gasteiger charge is -2.04. The van der Waals surface area contributed by atoms with Crippen LogP contribution >= 0.6 is 22.9 Å². The second kappa shape index (κ2) is 6.06. The van der Waals surface area contributed by atoms with E-state index >= 15 is 0 Å². The zero-order valence-electron chi connectivity index (χ0n) is 10.8. The van der Waals surface area contributed by atoms with Gasteiger partial charge in [-0.2, -0.15) is 0 Å². The van der Waals surface area contributed by atoms with Crippen LogP contribution in [-0.2, 0) is 6.54 Å². The quantitative estimate of drug-likeness (QED) is 0.871. The van der Waals surface area contributed by atoms with Gasteiger partial charge >= 0.3 is 5.97 Å². The molecule has 2 aromatic rings. The summed E-state index contributed by atoms with van der Waals surface area (Å²) in [6.45, 7) is 4.06. The molecular weight excluding hydrogens is 300 g/mol. The number of nitrogens with zero attached hydrogens (tertiary/aromatic N) is 3. The van der Waals surface area contributed by atoms with E-state index < -0.39 is 5.97 Å². The van der Waals surface area contributed by atoms with Crippen molar-refractivity contribution in [3.05, 3.63) is 26.7 Å². The molecule has 20 heavy (non-hydrogen) atoms. The summed E-state index contributed by atoms with van der Waals surface area (Å²) in [6, 6.07) is 0. The molecule has 0 saturated carbocycles. The van der Waals surface area contributed by atoms with E-state index in [9.17, 15) is 9.59 Å². The second-order valence-electron chi connectivity index (χ2n) is 4.26. The molecule has 0 aliphatic heterocycles. The van der Waals surface area contributed by atoms with Crippen molar-refractivity contribution in [2.24, 2.45) is 0 Å². The number of hydrogen-bond donors (Lipinski definition) is 2. The van der Waals surface area contributed by atoms with E-state index in [-0.39, 0.29) is 24.1 Å². The molecule has 0 spiro atoms. The highest BCUT2D eigenvalue weighted by molar-refractivity contribution is 7.09. The van der Waals surface area contributed by atoms with Crippen LogP contribution in [0.25, 0.3) is 0 Å². The van der Waals surface area contributed by atoms with Crippen molar-refractivity contribution in [1.82, 2.24) is 19.9 Å². The number of rotatable bonds is 5. The molecule has 0 aliphatic rings. The maximum Gasteiger partial charge on any atom is 0.355 e. The minimum absolute atomic E-state index is 0.0124. The number of hydrogen-bond acceptors (Lipinski definition) is 7. The Kier molecular flexibility index (Phi) is 4.40. The molecule has 0 aliphatic carbocycles. The van der Waals surface area contributed by atoms with Crippen LogP contribution in [0, 0.1) is 0 Å². The Morgan fingerprint density at radius 2 is 2.20 bits per heavy atom. The fourth-order valence-corrected chi connectivity index (χ4v) is 2.90. The summed E-state index contributed by atoms with van der Waals surface area (Å²) in [5.41, 5.74) is 0.652. The molecule has 7 nitrogen and oxygen atoms in total. The molecule has 9 heteroatoms. The number of carbonyl (C=O) groups is 2. The largest absolute Gasteiger partial charge is 0.476 e. The van der Waals surface area contributed by atoms with Crippen molar-refractivity contribution in [2.45, 2.75) is 26.3 Å². The van der Waals surface area contributed by atoms with E-state index in [4.69, 9.17) is 5.11 Å². The summed E-state index contributed by atoms with van der Waals surface area (Å²) in [7, 11) is 0. The highest BCUT2D eigenvalue weighted by Crippen LogP contribution is 2.19. The van der Waals surface area contributed by atoms with E-state index in [1.54, 1.807) is 0 Å². The maximum atomic E-state index is 12.0.